The van der Waals surface area contributed by atoms with Gasteiger partial charge in [0.15, 0.2) is 0 Å². The Labute approximate surface area is 169 Å². The van der Waals surface area contributed by atoms with E-state index in [4.69, 9.17) is 5.73 Å². The van der Waals surface area contributed by atoms with Crippen molar-refractivity contribution >= 4 is 45.8 Å². The maximum Gasteiger partial charge on any atom is 0.262 e. The number of hydrogen-bond acceptors (Lipinski definition) is 5. The Morgan fingerprint density at radius 3 is 2.70 bits per heavy atom. The summed E-state index contributed by atoms with van der Waals surface area (Å²) in [6, 6.07) is 1.36. The smallest absolute Gasteiger partial charge is 0.262 e. The van der Waals surface area contributed by atoms with E-state index in [0.717, 1.165) is 22.3 Å². The van der Waals surface area contributed by atoms with Crippen molar-refractivity contribution in [1.82, 2.24) is 20.0 Å². The standard InChI is InChI=1S/C18H27N5O2S.ClH/c1-10-12-8-13(26-17(12)22(5)21-10)15(24)20-11(2)16(25)23-7-6-14(19)18(3,4)9-23;/h8,11,14H,6-7,9,19H2,1-5H3,(H,20,24);1H. The van der Waals surface area contributed by atoms with E-state index in [1.807, 2.05) is 24.9 Å². The third-order valence-corrected chi connectivity index (χ3v) is 6.46. The number of carbonyl (C=O) groups is 2. The highest BCUT2D eigenvalue weighted by molar-refractivity contribution is 7.20. The van der Waals surface area contributed by atoms with E-state index >= 15 is 0 Å². The number of rotatable bonds is 3. The van der Waals surface area contributed by atoms with Crippen molar-refractivity contribution in [2.45, 2.75) is 46.2 Å². The minimum atomic E-state index is -0.572. The van der Waals surface area contributed by atoms with E-state index < -0.39 is 6.04 Å². The van der Waals surface area contributed by atoms with Gasteiger partial charge in [-0.05, 0) is 31.7 Å². The average Bonchev–Trinajstić information content (AvgIpc) is 3.11. The lowest BCUT2D eigenvalue weighted by Crippen LogP contribution is -2.57. The number of nitrogens with one attached hydrogen (secondary N) is 1. The number of thiophene rings is 1. The van der Waals surface area contributed by atoms with Crippen LogP contribution in [0.1, 0.15) is 42.6 Å². The van der Waals surface area contributed by atoms with Crippen LogP contribution in [0.25, 0.3) is 10.2 Å². The molecule has 3 rings (SSSR count). The molecule has 2 aromatic heterocycles. The zero-order chi connectivity index (χ0) is 19.2. The Kier molecular flexibility index (Phi) is 6.23. The number of fused-ring (bicyclic) bond motifs is 1. The largest absolute Gasteiger partial charge is 0.340 e. The van der Waals surface area contributed by atoms with Crippen molar-refractivity contribution in [3.05, 3.63) is 16.6 Å². The Morgan fingerprint density at radius 1 is 1.44 bits per heavy atom. The second-order valence-electron chi connectivity index (χ2n) is 7.88. The minimum Gasteiger partial charge on any atom is -0.340 e. The molecule has 3 N–H and O–H groups in total. The van der Waals surface area contributed by atoms with E-state index in [0.29, 0.717) is 18.0 Å². The number of amides is 2. The molecule has 1 fully saturated rings. The lowest BCUT2D eigenvalue weighted by molar-refractivity contribution is -0.136. The van der Waals surface area contributed by atoms with Gasteiger partial charge in [-0.1, -0.05) is 13.8 Å². The number of hydrogen-bond donors (Lipinski definition) is 2. The van der Waals surface area contributed by atoms with E-state index in [-0.39, 0.29) is 35.7 Å². The van der Waals surface area contributed by atoms with Crippen LogP contribution in [0.2, 0.25) is 0 Å². The molecule has 27 heavy (non-hydrogen) atoms. The van der Waals surface area contributed by atoms with Gasteiger partial charge in [0.2, 0.25) is 5.91 Å². The van der Waals surface area contributed by atoms with Crippen molar-refractivity contribution in [2.24, 2.45) is 18.2 Å². The number of carbonyl (C=O) groups excluding carboxylic acids is 2. The quantitative estimate of drug-likeness (QED) is 0.805. The van der Waals surface area contributed by atoms with Gasteiger partial charge in [0.05, 0.1) is 10.6 Å². The van der Waals surface area contributed by atoms with Gasteiger partial charge in [0, 0.05) is 31.6 Å². The fourth-order valence-electron chi connectivity index (χ4n) is 3.48. The summed E-state index contributed by atoms with van der Waals surface area (Å²) >= 11 is 1.39. The zero-order valence-electron chi connectivity index (χ0n) is 16.4. The summed E-state index contributed by atoms with van der Waals surface area (Å²) in [5.74, 6) is -0.281. The van der Waals surface area contributed by atoms with E-state index in [2.05, 4.69) is 24.3 Å². The molecule has 2 unspecified atom stereocenters. The molecule has 0 saturated carbocycles. The number of piperidine rings is 1. The molecule has 1 saturated heterocycles. The normalized spacial score (nSPS) is 20.2. The van der Waals surface area contributed by atoms with Crippen LogP contribution in [-0.2, 0) is 11.8 Å². The van der Waals surface area contributed by atoms with Crippen LogP contribution in [0, 0.1) is 12.3 Å². The fraction of sp³-hybridized carbons (Fsp3) is 0.611. The lowest BCUT2D eigenvalue weighted by atomic mass is 9.79. The second-order valence-corrected chi connectivity index (χ2v) is 8.91. The lowest BCUT2D eigenvalue weighted by Gasteiger charge is -2.43. The first-order valence-electron chi connectivity index (χ1n) is 8.88. The van der Waals surface area contributed by atoms with Gasteiger partial charge in [-0.2, -0.15) is 5.10 Å². The molecule has 2 amide bonds. The number of aromatic nitrogens is 2. The molecule has 3 heterocycles. The summed E-state index contributed by atoms with van der Waals surface area (Å²) in [4.78, 5) is 28.7. The Morgan fingerprint density at radius 2 is 2.11 bits per heavy atom. The molecule has 9 heteroatoms. The number of likely N-dealkylation sites (tertiary alicyclic amines) is 1. The first-order valence-corrected chi connectivity index (χ1v) is 9.70. The molecule has 2 atom stereocenters. The maximum atomic E-state index is 12.7. The second kappa shape index (κ2) is 7.77. The highest BCUT2D eigenvalue weighted by Gasteiger charge is 2.36. The van der Waals surface area contributed by atoms with Crippen LogP contribution in [0.4, 0.5) is 0 Å². The van der Waals surface area contributed by atoms with Crippen LogP contribution in [0.15, 0.2) is 6.07 Å². The number of halogens is 1. The zero-order valence-corrected chi connectivity index (χ0v) is 18.0. The maximum absolute atomic E-state index is 12.7. The van der Waals surface area contributed by atoms with Crippen LogP contribution in [-0.4, -0.2) is 51.7 Å². The molecule has 0 spiro atoms. The predicted molar refractivity (Wildman–Crippen MR) is 110 cm³/mol. The molecule has 0 bridgehead atoms. The highest BCUT2D eigenvalue weighted by Crippen LogP contribution is 2.29. The summed E-state index contributed by atoms with van der Waals surface area (Å²) < 4.78 is 1.78. The van der Waals surface area contributed by atoms with Gasteiger partial charge in [-0.25, -0.2) is 0 Å². The molecular weight excluding hydrogens is 386 g/mol. The summed E-state index contributed by atoms with van der Waals surface area (Å²) in [5, 5.41) is 8.17. The number of nitrogens with zero attached hydrogens (tertiary/aromatic N) is 3. The molecule has 2 aromatic rings. The molecule has 150 valence electrons. The summed E-state index contributed by atoms with van der Waals surface area (Å²) in [6.45, 7) is 9.06. The summed E-state index contributed by atoms with van der Waals surface area (Å²) in [5.41, 5.74) is 6.92. The van der Waals surface area contributed by atoms with Crippen molar-refractivity contribution in [3.63, 3.8) is 0 Å². The molecule has 0 aliphatic carbocycles. The Balaban J connectivity index is 0.00000261. The molecule has 1 aliphatic rings. The first-order chi connectivity index (χ1) is 12.1. The van der Waals surface area contributed by atoms with Crippen molar-refractivity contribution in [2.75, 3.05) is 13.1 Å². The third-order valence-electron chi connectivity index (χ3n) is 5.26. The van der Waals surface area contributed by atoms with Crippen molar-refractivity contribution in [1.29, 1.82) is 0 Å². The van der Waals surface area contributed by atoms with E-state index in [1.54, 1.807) is 11.6 Å². The van der Waals surface area contributed by atoms with Crippen LogP contribution in [0.3, 0.4) is 0 Å². The highest BCUT2D eigenvalue weighted by atomic mass is 35.5. The number of nitrogens with two attached hydrogens (primary N) is 1. The summed E-state index contributed by atoms with van der Waals surface area (Å²) in [6.07, 6.45) is 0.780. The van der Waals surface area contributed by atoms with E-state index in [9.17, 15) is 9.59 Å². The van der Waals surface area contributed by atoms with E-state index in [1.165, 1.54) is 11.3 Å². The molecule has 0 radical (unpaired) electrons. The Bertz CT molecular complexity index is 825. The third kappa shape index (κ3) is 4.12. The molecule has 7 nitrogen and oxygen atoms in total. The minimum absolute atomic E-state index is 0. The molecule has 0 aromatic carbocycles. The van der Waals surface area contributed by atoms with Gasteiger partial charge in [-0.15, -0.1) is 23.7 Å². The predicted octanol–water partition coefficient (Wildman–Crippen LogP) is 2.07. The first kappa shape index (κ1) is 21.7. The van der Waals surface area contributed by atoms with Crippen molar-refractivity contribution in [3.8, 4) is 0 Å². The average molecular weight is 414 g/mol. The topological polar surface area (TPSA) is 93.2 Å². The van der Waals surface area contributed by atoms with Gasteiger partial charge in [-0.3, -0.25) is 14.3 Å². The van der Waals surface area contributed by atoms with Crippen LogP contribution >= 0.6 is 23.7 Å². The van der Waals surface area contributed by atoms with Gasteiger partial charge >= 0.3 is 0 Å². The van der Waals surface area contributed by atoms with Crippen molar-refractivity contribution < 1.29 is 9.59 Å². The monoisotopic (exact) mass is 413 g/mol. The SMILES string of the molecule is Cc1nn(C)c2sc(C(=O)NC(C)C(=O)N3CCC(N)C(C)(C)C3)cc12.Cl. The van der Waals surface area contributed by atoms with Gasteiger partial charge in [0.25, 0.3) is 5.91 Å². The van der Waals surface area contributed by atoms with Gasteiger partial charge in [0.1, 0.15) is 10.9 Å². The fourth-order valence-corrected chi connectivity index (χ4v) is 4.51. The molecular formula is C18H28ClN5O2S. The number of aryl methyl sites for hydroxylation is 2. The summed E-state index contributed by atoms with van der Waals surface area (Å²) in [7, 11) is 1.86. The Hall–Kier alpha value is -1.64. The van der Waals surface area contributed by atoms with Gasteiger partial charge < -0.3 is 16.0 Å². The van der Waals surface area contributed by atoms with Crippen LogP contribution in [0.5, 0.6) is 0 Å². The molecule has 1 aliphatic heterocycles. The van der Waals surface area contributed by atoms with Crippen LogP contribution < -0.4 is 11.1 Å².